The van der Waals surface area contributed by atoms with Crippen LogP contribution in [0.1, 0.15) is 51.6 Å². The van der Waals surface area contributed by atoms with Crippen molar-refractivity contribution >= 4 is 17.6 Å². The highest BCUT2D eigenvalue weighted by molar-refractivity contribution is 5.98. The van der Waals surface area contributed by atoms with Gasteiger partial charge in [0.1, 0.15) is 6.07 Å². The van der Waals surface area contributed by atoms with Crippen LogP contribution in [0.5, 0.6) is 0 Å². The Morgan fingerprint density at radius 1 is 1.20 bits per heavy atom. The minimum absolute atomic E-state index is 0.146. The number of ether oxygens (including phenoxy) is 1. The number of nitrogens with one attached hydrogen (secondary N) is 1. The number of hydrogen-bond donors (Lipinski definition) is 2. The van der Waals surface area contributed by atoms with Crippen molar-refractivity contribution in [2.75, 3.05) is 25.1 Å². The number of fused-ring (bicyclic) bond motifs is 1. The van der Waals surface area contributed by atoms with Crippen molar-refractivity contribution in [2.45, 2.75) is 38.8 Å². The second-order valence-corrected chi connectivity index (χ2v) is 7.81. The summed E-state index contributed by atoms with van der Waals surface area (Å²) in [5.74, 6) is -0.484. The van der Waals surface area contributed by atoms with E-state index in [2.05, 4.69) is 11.4 Å². The zero-order valence-corrected chi connectivity index (χ0v) is 17.0. The lowest BCUT2D eigenvalue weighted by Crippen LogP contribution is -2.41. The third-order valence-corrected chi connectivity index (χ3v) is 5.90. The molecule has 156 valence electrons. The summed E-state index contributed by atoms with van der Waals surface area (Å²) in [5.41, 5.74) is 9.59. The molecular formula is C22H25N5O3. The number of carbonyl (C=O) groups excluding carboxylic acids is 2. The molecule has 3 N–H and O–H groups in total. The molecule has 2 aliphatic heterocycles. The van der Waals surface area contributed by atoms with Gasteiger partial charge in [-0.05, 0) is 31.9 Å². The number of nitrogens with two attached hydrogens (primary N) is 1. The highest BCUT2D eigenvalue weighted by atomic mass is 16.5. The van der Waals surface area contributed by atoms with E-state index in [1.165, 1.54) is 0 Å². The van der Waals surface area contributed by atoms with Crippen LogP contribution in [-0.2, 0) is 17.8 Å². The van der Waals surface area contributed by atoms with Crippen LogP contribution in [0.15, 0.2) is 24.3 Å². The summed E-state index contributed by atoms with van der Waals surface area (Å²) < 4.78 is 7.49. The number of anilines is 1. The molecule has 8 nitrogen and oxygen atoms in total. The van der Waals surface area contributed by atoms with Gasteiger partial charge in [-0.3, -0.25) is 4.79 Å². The Morgan fingerprint density at radius 3 is 2.53 bits per heavy atom. The van der Waals surface area contributed by atoms with Gasteiger partial charge >= 0.3 is 6.03 Å². The number of carbonyl (C=O) groups is 2. The molecule has 0 radical (unpaired) electrons. The van der Waals surface area contributed by atoms with Crippen LogP contribution in [0.25, 0.3) is 0 Å². The SMILES string of the molecule is Cc1ccc(NC(=O)N2CCn3c(c(C(N)=O)c(C#N)c3C3CCOCC3)C2)cc1. The number of urea groups is 1. The van der Waals surface area contributed by atoms with Crippen LogP contribution in [0.3, 0.4) is 0 Å². The fraction of sp³-hybridized carbons (Fsp3) is 0.409. The molecule has 8 heteroatoms. The van der Waals surface area contributed by atoms with Crippen molar-refractivity contribution in [3.63, 3.8) is 0 Å². The molecule has 0 saturated carbocycles. The number of amides is 3. The second kappa shape index (κ2) is 8.20. The highest BCUT2D eigenvalue weighted by Gasteiger charge is 2.34. The van der Waals surface area contributed by atoms with Gasteiger partial charge in [0.2, 0.25) is 0 Å². The zero-order chi connectivity index (χ0) is 21.3. The van der Waals surface area contributed by atoms with Crippen LogP contribution in [-0.4, -0.2) is 41.2 Å². The molecule has 30 heavy (non-hydrogen) atoms. The normalized spacial score (nSPS) is 16.6. The van der Waals surface area contributed by atoms with Crippen molar-refractivity contribution in [3.05, 3.63) is 52.3 Å². The molecule has 1 saturated heterocycles. The third kappa shape index (κ3) is 3.64. The molecule has 1 fully saturated rings. The van der Waals surface area contributed by atoms with E-state index < -0.39 is 5.91 Å². The minimum Gasteiger partial charge on any atom is -0.381 e. The molecule has 0 atom stereocenters. The summed E-state index contributed by atoms with van der Waals surface area (Å²) in [5, 5.41) is 12.7. The summed E-state index contributed by atoms with van der Waals surface area (Å²) in [6, 6.07) is 9.53. The molecule has 0 unspecified atom stereocenters. The maximum atomic E-state index is 12.8. The van der Waals surface area contributed by atoms with Gasteiger partial charge in [-0.1, -0.05) is 17.7 Å². The van der Waals surface area contributed by atoms with E-state index in [9.17, 15) is 14.9 Å². The van der Waals surface area contributed by atoms with Crippen molar-refractivity contribution in [1.82, 2.24) is 9.47 Å². The van der Waals surface area contributed by atoms with E-state index in [1.54, 1.807) is 4.90 Å². The van der Waals surface area contributed by atoms with E-state index in [0.717, 1.165) is 24.1 Å². The number of hydrogen-bond acceptors (Lipinski definition) is 4. The third-order valence-electron chi connectivity index (χ3n) is 5.90. The lowest BCUT2D eigenvalue weighted by atomic mass is 9.92. The van der Waals surface area contributed by atoms with Gasteiger partial charge < -0.3 is 25.3 Å². The fourth-order valence-electron chi connectivity index (χ4n) is 4.37. The highest BCUT2D eigenvalue weighted by Crippen LogP contribution is 2.36. The molecular weight excluding hydrogens is 382 g/mol. The van der Waals surface area contributed by atoms with Gasteiger partial charge in [-0.15, -0.1) is 0 Å². The Morgan fingerprint density at radius 2 is 1.90 bits per heavy atom. The van der Waals surface area contributed by atoms with E-state index in [4.69, 9.17) is 10.5 Å². The quantitative estimate of drug-likeness (QED) is 0.814. The Labute approximate surface area is 175 Å². The number of aryl methyl sites for hydroxylation is 1. The number of nitriles is 1. The first-order valence-corrected chi connectivity index (χ1v) is 10.1. The molecule has 1 aromatic carbocycles. The molecule has 3 heterocycles. The zero-order valence-electron chi connectivity index (χ0n) is 17.0. The Kier molecular flexibility index (Phi) is 5.46. The summed E-state index contributed by atoms with van der Waals surface area (Å²) in [4.78, 5) is 26.7. The molecule has 0 bridgehead atoms. The summed E-state index contributed by atoms with van der Waals surface area (Å²) in [6.45, 7) is 4.48. The standard InChI is InChI=1S/C22H25N5O3/c1-14-2-4-16(5-3-14)25-22(29)26-8-9-27-18(13-26)19(21(24)28)17(12-23)20(27)15-6-10-30-11-7-15/h2-5,15H,6-11,13H2,1H3,(H2,24,28)(H,25,29). The average Bonchev–Trinajstić information content (AvgIpc) is 3.09. The van der Waals surface area contributed by atoms with E-state index in [1.807, 2.05) is 35.8 Å². The van der Waals surface area contributed by atoms with Gasteiger partial charge in [-0.25, -0.2) is 4.79 Å². The first kappa shape index (κ1) is 20.0. The molecule has 0 aliphatic carbocycles. The van der Waals surface area contributed by atoms with Gasteiger partial charge in [0, 0.05) is 43.6 Å². The minimum atomic E-state index is -0.630. The van der Waals surface area contributed by atoms with Crippen LogP contribution < -0.4 is 11.1 Å². The van der Waals surface area contributed by atoms with Crippen LogP contribution >= 0.6 is 0 Å². The summed E-state index contributed by atoms with van der Waals surface area (Å²) in [6.07, 6.45) is 1.60. The molecule has 1 aromatic heterocycles. The van der Waals surface area contributed by atoms with E-state index in [0.29, 0.717) is 43.2 Å². The largest absolute Gasteiger partial charge is 0.381 e. The second-order valence-electron chi connectivity index (χ2n) is 7.81. The first-order chi connectivity index (χ1) is 14.5. The number of nitrogens with zero attached hydrogens (tertiary/aromatic N) is 3. The van der Waals surface area contributed by atoms with Crippen LogP contribution in [0.4, 0.5) is 10.5 Å². The predicted molar refractivity (Wildman–Crippen MR) is 111 cm³/mol. The van der Waals surface area contributed by atoms with Crippen molar-refractivity contribution < 1.29 is 14.3 Å². The molecule has 3 amide bonds. The number of aromatic nitrogens is 1. The Balaban J connectivity index is 1.64. The maximum Gasteiger partial charge on any atom is 0.322 e. The lowest BCUT2D eigenvalue weighted by Gasteiger charge is -2.32. The Hall–Kier alpha value is -3.31. The van der Waals surface area contributed by atoms with Gasteiger partial charge in [0.05, 0.1) is 23.4 Å². The smallest absolute Gasteiger partial charge is 0.322 e. The topological polar surface area (TPSA) is 113 Å². The average molecular weight is 407 g/mol. The van der Waals surface area contributed by atoms with Gasteiger partial charge in [-0.2, -0.15) is 5.26 Å². The van der Waals surface area contributed by atoms with Crippen LogP contribution in [0.2, 0.25) is 0 Å². The number of rotatable bonds is 3. The van der Waals surface area contributed by atoms with Crippen LogP contribution in [0, 0.1) is 18.3 Å². The first-order valence-electron chi connectivity index (χ1n) is 10.1. The monoisotopic (exact) mass is 407 g/mol. The Bertz CT molecular complexity index is 1010. The fourth-order valence-corrected chi connectivity index (χ4v) is 4.37. The number of primary amides is 1. The van der Waals surface area contributed by atoms with Gasteiger partial charge in [0.25, 0.3) is 5.91 Å². The van der Waals surface area contributed by atoms with Crippen molar-refractivity contribution in [2.24, 2.45) is 5.73 Å². The predicted octanol–water partition coefficient (Wildman–Crippen LogP) is 2.71. The summed E-state index contributed by atoms with van der Waals surface area (Å²) in [7, 11) is 0. The van der Waals surface area contributed by atoms with E-state index >= 15 is 0 Å². The van der Waals surface area contributed by atoms with Crippen molar-refractivity contribution in [3.8, 4) is 6.07 Å². The lowest BCUT2D eigenvalue weighted by molar-refractivity contribution is 0.0832. The molecule has 2 aromatic rings. The molecule has 2 aliphatic rings. The number of benzene rings is 1. The van der Waals surface area contributed by atoms with E-state index in [-0.39, 0.29) is 24.1 Å². The summed E-state index contributed by atoms with van der Waals surface area (Å²) >= 11 is 0. The maximum absolute atomic E-state index is 12.8. The van der Waals surface area contributed by atoms with Crippen molar-refractivity contribution in [1.29, 1.82) is 5.26 Å². The van der Waals surface area contributed by atoms with Gasteiger partial charge in [0.15, 0.2) is 0 Å². The molecule has 4 rings (SSSR count). The molecule has 0 spiro atoms.